The number of aromatic nitrogens is 1. The molecule has 0 aliphatic carbocycles. The van der Waals surface area contributed by atoms with Crippen LogP contribution in [0.25, 0.3) is 0 Å². The Labute approximate surface area is 117 Å². The van der Waals surface area contributed by atoms with E-state index < -0.39 is 0 Å². The highest BCUT2D eigenvalue weighted by molar-refractivity contribution is 5.97. The molecule has 5 nitrogen and oxygen atoms in total. The van der Waals surface area contributed by atoms with E-state index in [1.807, 2.05) is 32.9 Å². The van der Waals surface area contributed by atoms with Crippen molar-refractivity contribution in [3.8, 4) is 11.6 Å². The first-order valence-corrected chi connectivity index (χ1v) is 6.20. The molecular formula is C15H17N3O2. The summed E-state index contributed by atoms with van der Waals surface area (Å²) in [6.07, 6.45) is 0. The second kappa shape index (κ2) is 5.61. The topological polar surface area (TPSA) is 80.7 Å². The van der Waals surface area contributed by atoms with Gasteiger partial charge >= 0.3 is 0 Å². The molecule has 0 saturated heterocycles. The summed E-state index contributed by atoms with van der Waals surface area (Å²) in [7, 11) is 0. The minimum Gasteiger partial charge on any atom is -0.439 e. The Hall–Kier alpha value is -2.56. The number of nitrogens with two attached hydrogens (primary N) is 1. The smallest absolute Gasteiger partial charge is 0.220 e. The van der Waals surface area contributed by atoms with Gasteiger partial charge in [-0.3, -0.25) is 0 Å². The molecule has 0 spiro atoms. The van der Waals surface area contributed by atoms with E-state index in [2.05, 4.69) is 16.2 Å². The lowest BCUT2D eigenvalue weighted by Gasteiger charge is -2.09. The largest absolute Gasteiger partial charge is 0.439 e. The molecule has 5 heteroatoms. The lowest BCUT2D eigenvalue weighted by atomic mass is 10.1. The first-order valence-electron chi connectivity index (χ1n) is 6.20. The molecule has 20 heavy (non-hydrogen) atoms. The zero-order valence-electron chi connectivity index (χ0n) is 11.7. The average Bonchev–Trinajstić information content (AvgIpc) is 2.35. The zero-order valence-corrected chi connectivity index (χ0v) is 11.7. The van der Waals surface area contributed by atoms with Gasteiger partial charge in [0.25, 0.3) is 0 Å². The van der Waals surface area contributed by atoms with Crippen molar-refractivity contribution in [3.05, 3.63) is 52.7 Å². The quantitative estimate of drug-likeness (QED) is 0.389. The molecular weight excluding hydrogens is 254 g/mol. The first kappa shape index (κ1) is 13.9. The number of amidine groups is 1. The Bertz CT molecular complexity index is 646. The number of oxime groups is 1. The van der Waals surface area contributed by atoms with Crippen LogP contribution in [0, 0.1) is 20.8 Å². The van der Waals surface area contributed by atoms with Gasteiger partial charge in [0.05, 0.1) is 0 Å². The van der Waals surface area contributed by atoms with Crippen LogP contribution in [0.5, 0.6) is 11.6 Å². The molecule has 0 aliphatic rings. The van der Waals surface area contributed by atoms with Crippen LogP contribution in [-0.2, 0) is 0 Å². The molecule has 1 aromatic carbocycles. The fourth-order valence-corrected chi connectivity index (χ4v) is 2.01. The lowest BCUT2D eigenvalue weighted by Crippen LogP contribution is -2.13. The van der Waals surface area contributed by atoms with E-state index in [1.54, 1.807) is 12.1 Å². The summed E-state index contributed by atoms with van der Waals surface area (Å²) in [6, 6.07) is 9.29. The van der Waals surface area contributed by atoms with E-state index in [-0.39, 0.29) is 5.84 Å². The number of pyridine rings is 1. The fraction of sp³-hybridized carbons (Fsp3) is 0.200. The first-order chi connectivity index (χ1) is 9.47. The van der Waals surface area contributed by atoms with Gasteiger partial charge in [0.1, 0.15) is 5.75 Å². The number of hydrogen-bond acceptors (Lipinski definition) is 4. The van der Waals surface area contributed by atoms with Gasteiger partial charge in [0, 0.05) is 17.3 Å². The highest BCUT2D eigenvalue weighted by Gasteiger charge is 2.07. The Morgan fingerprint density at radius 2 is 1.75 bits per heavy atom. The molecule has 3 N–H and O–H groups in total. The van der Waals surface area contributed by atoms with Crippen molar-refractivity contribution in [1.29, 1.82) is 0 Å². The third-order valence-electron chi connectivity index (χ3n) is 2.75. The highest BCUT2D eigenvalue weighted by Crippen LogP contribution is 2.23. The molecule has 0 saturated carbocycles. The van der Waals surface area contributed by atoms with Gasteiger partial charge in [-0.2, -0.15) is 0 Å². The van der Waals surface area contributed by atoms with E-state index in [4.69, 9.17) is 15.7 Å². The summed E-state index contributed by atoms with van der Waals surface area (Å²) in [5.41, 5.74) is 9.12. The van der Waals surface area contributed by atoms with Gasteiger partial charge in [-0.05, 0) is 50.1 Å². The van der Waals surface area contributed by atoms with Crippen molar-refractivity contribution in [3.63, 3.8) is 0 Å². The maximum Gasteiger partial charge on any atom is 0.220 e. The molecule has 1 aromatic heterocycles. The molecule has 2 aromatic rings. The van der Waals surface area contributed by atoms with Crippen LogP contribution in [0.15, 0.2) is 35.5 Å². The third-order valence-corrected chi connectivity index (χ3v) is 2.75. The molecule has 0 atom stereocenters. The number of ether oxygens (including phenoxy) is 1. The van der Waals surface area contributed by atoms with Crippen molar-refractivity contribution in [2.75, 3.05) is 0 Å². The molecule has 0 radical (unpaired) electrons. The van der Waals surface area contributed by atoms with Gasteiger partial charge in [0.15, 0.2) is 5.84 Å². The molecule has 0 bridgehead atoms. The molecule has 1 heterocycles. The number of benzene rings is 1. The number of rotatable bonds is 3. The Morgan fingerprint density at radius 3 is 2.35 bits per heavy atom. The highest BCUT2D eigenvalue weighted by atomic mass is 16.5. The molecule has 0 aliphatic heterocycles. The maximum atomic E-state index is 8.73. The normalized spacial score (nSPS) is 11.4. The van der Waals surface area contributed by atoms with Crippen LogP contribution in [0.2, 0.25) is 0 Å². The standard InChI is InChI=1S/C15H17N3O2/c1-9-4-10(2)6-13(5-9)20-14-8-12(15(16)18-19)7-11(3)17-14/h4-8,19H,1-3H3,(H2,16,18). The summed E-state index contributed by atoms with van der Waals surface area (Å²) >= 11 is 0. The Balaban J connectivity index is 2.36. The molecule has 0 unspecified atom stereocenters. The van der Waals surface area contributed by atoms with Crippen LogP contribution >= 0.6 is 0 Å². The summed E-state index contributed by atoms with van der Waals surface area (Å²) < 4.78 is 5.75. The molecule has 2 rings (SSSR count). The van der Waals surface area contributed by atoms with Crippen molar-refractivity contribution in [2.45, 2.75) is 20.8 Å². The van der Waals surface area contributed by atoms with Gasteiger partial charge in [0.2, 0.25) is 5.88 Å². The molecule has 104 valence electrons. The lowest BCUT2D eigenvalue weighted by molar-refractivity contribution is 0.318. The van der Waals surface area contributed by atoms with E-state index in [0.717, 1.165) is 16.8 Å². The van der Waals surface area contributed by atoms with Crippen molar-refractivity contribution in [2.24, 2.45) is 10.9 Å². The molecule has 0 amide bonds. The monoisotopic (exact) mass is 271 g/mol. The SMILES string of the molecule is Cc1cc(C)cc(Oc2cc(/C(N)=N/O)cc(C)n2)c1. The van der Waals surface area contributed by atoms with Crippen molar-refractivity contribution in [1.82, 2.24) is 4.98 Å². The predicted octanol–water partition coefficient (Wildman–Crippen LogP) is 2.89. The van der Waals surface area contributed by atoms with E-state index >= 15 is 0 Å². The predicted molar refractivity (Wildman–Crippen MR) is 77.5 cm³/mol. The third kappa shape index (κ3) is 3.26. The maximum absolute atomic E-state index is 8.73. The van der Waals surface area contributed by atoms with Gasteiger partial charge < -0.3 is 15.7 Å². The number of aryl methyl sites for hydroxylation is 3. The van der Waals surface area contributed by atoms with Crippen LogP contribution in [0.1, 0.15) is 22.4 Å². The van der Waals surface area contributed by atoms with Crippen LogP contribution in [-0.4, -0.2) is 16.0 Å². The van der Waals surface area contributed by atoms with Gasteiger partial charge in [-0.15, -0.1) is 0 Å². The van der Waals surface area contributed by atoms with Gasteiger partial charge in [-0.1, -0.05) is 11.2 Å². The number of nitrogens with zero attached hydrogens (tertiary/aromatic N) is 2. The van der Waals surface area contributed by atoms with Gasteiger partial charge in [-0.25, -0.2) is 4.98 Å². The van der Waals surface area contributed by atoms with E-state index in [1.165, 1.54) is 0 Å². The second-order valence-electron chi connectivity index (χ2n) is 4.75. The van der Waals surface area contributed by atoms with E-state index in [0.29, 0.717) is 17.2 Å². The molecule has 0 fully saturated rings. The van der Waals surface area contributed by atoms with Crippen molar-refractivity contribution >= 4 is 5.84 Å². The summed E-state index contributed by atoms with van der Waals surface area (Å²) in [5.74, 6) is 1.16. The Morgan fingerprint density at radius 1 is 1.10 bits per heavy atom. The van der Waals surface area contributed by atoms with Crippen LogP contribution < -0.4 is 10.5 Å². The van der Waals surface area contributed by atoms with Crippen LogP contribution in [0.3, 0.4) is 0 Å². The Kier molecular flexibility index (Phi) is 3.89. The van der Waals surface area contributed by atoms with Crippen LogP contribution in [0.4, 0.5) is 0 Å². The summed E-state index contributed by atoms with van der Waals surface area (Å²) in [4.78, 5) is 4.29. The fourth-order valence-electron chi connectivity index (χ4n) is 2.01. The minimum absolute atomic E-state index is 0.0285. The van der Waals surface area contributed by atoms with Crippen molar-refractivity contribution < 1.29 is 9.94 Å². The average molecular weight is 271 g/mol. The summed E-state index contributed by atoms with van der Waals surface area (Å²) in [6.45, 7) is 5.83. The number of hydrogen-bond donors (Lipinski definition) is 2. The zero-order chi connectivity index (χ0) is 14.7. The minimum atomic E-state index is 0.0285. The summed E-state index contributed by atoms with van der Waals surface area (Å²) in [5, 5.41) is 11.7. The van der Waals surface area contributed by atoms with E-state index in [9.17, 15) is 0 Å². The second-order valence-corrected chi connectivity index (χ2v) is 4.75.